The number of aromatic carboxylic acids is 1. The maximum atomic E-state index is 10.4. The van der Waals surface area contributed by atoms with E-state index in [2.05, 4.69) is 0 Å². The molecule has 0 spiro atoms. The number of carboxylic acid groups (broad SMARTS) is 1. The number of carboxylic acids is 1. The van der Waals surface area contributed by atoms with E-state index in [0.717, 1.165) is 5.56 Å². The fraction of sp³-hybridized carbons (Fsp3) is 0.222. The highest BCUT2D eigenvalue weighted by Gasteiger charge is 2.00. The third kappa shape index (κ3) is 2.07. The van der Waals surface area contributed by atoms with Gasteiger partial charge in [0, 0.05) is 6.54 Å². The molecule has 0 aliphatic carbocycles. The molecule has 0 saturated heterocycles. The average molecular weight is 164 g/mol. The molecule has 3 nitrogen and oxygen atoms in total. The first-order valence-electron chi connectivity index (χ1n) is 3.71. The zero-order valence-corrected chi connectivity index (χ0v) is 6.58. The van der Waals surface area contributed by atoms with Crippen molar-refractivity contribution in [1.82, 2.24) is 5.73 Å². The summed E-state index contributed by atoms with van der Waals surface area (Å²) in [5, 5.41) is 8.57. The summed E-state index contributed by atoms with van der Waals surface area (Å²) in [6.45, 7) is 0.340. The van der Waals surface area contributed by atoms with Crippen molar-refractivity contribution < 1.29 is 9.90 Å². The van der Waals surface area contributed by atoms with Crippen LogP contribution in [0.4, 0.5) is 0 Å². The van der Waals surface area contributed by atoms with Crippen molar-refractivity contribution >= 4 is 5.97 Å². The van der Waals surface area contributed by atoms with Gasteiger partial charge < -0.3 is 5.11 Å². The van der Waals surface area contributed by atoms with Crippen LogP contribution in [0, 0.1) is 0 Å². The summed E-state index contributed by atoms with van der Waals surface area (Å²) >= 11 is 0. The molecular formula is C9H10NO2. The Morgan fingerprint density at radius 1 is 1.33 bits per heavy atom. The molecule has 1 aromatic carbocycles. The fourth-order valence-corrected chi connectivity index (χ4v) is 0.958. The number of carbonyl (C=O) groups is 1. The molecular weight excluding hydrogens is 154 g/mol. The van der Waals surface area contributed by atoms with Crippen LogP contribution in [-0.2, 0) is 6.42 Å². The lowest BCUT2D eigenvalue weighted by molar-refractivity contribution is 0.0697. The SMILES string of the molecule is [NH]CCc1ccc(C(=O)O)cc1. The second-order valence-corrected chi connectivity index (χ2v) is 2.50. The normalized spacial score (nSPS) is 9.75. The summed E-state index contributed by atoms with van der Waals surface area (Å²) in [6.07, 6.45) is 0.680. The monoisotopic (exact) mass is 164 g/mol. The van der Waals surface area contributed by atoms with Crippen LogP contribution in [0.15, 0.2) is 24.3 Å². The lowest BCUT2D eigenvalue weighted by Gasteiger charge is -1.98. The summed E-state index contributed by atoms with van der Waals surface area (Å²) < 4.78 is 0. The second kappa shape index (κ2) is 3.88. The molecule has 0 bridgehead atoms. The van der Waals surface area contributed by atoms with Crippen LogP contribution in [0.1, 0.15) is 15.9 Å². The zero-order chi connectivity index (χ0) is 8.97. The minimum absolute atomic E-state index is 0.295. The molecule has 0 aromatic heterocycles. The van der Waals surface area contributed by atoms with E-state index in [1.807, 2.05) is 0 Å². The number of hydrogen-bond donors (Lipinski definition) is 1. The van der Waals surface area contributed by atoms with E-state index in [1.165, 1.54) is 0 Å². The van der Waals surface area contributed by atoms with Crippen molar-refractivity contribution in [2.45, 2.75) is 6.42 Å². The Bertz CT molecular complexity index is 266. The first-order valence-corrected chi connectivity index (χ1v) is 3.71. The molecule has 0 saturated carbocycles. The Kier molecular flexibility index (Phi) is 2.82. The first kappa shape index (κ1) is 8.74. The molecule has 1 rings (SSSR count). The topological polar surface area (TPSA) is 61.1 Å². The van der Waals surface area contributed by atoms with Gasteiger partial charge in [-0.3, -0.25) is 5.73 Å². The molecule has 0 heterocycles. The van der Waals surface area contributed by atoms with E-state index in [0.29, 0.717) is 18.5 Å². The minimum atomic E-state index is -0.910. The summed E-state index contributed by atoms with van der Waals surface area (Å²) in [7, 11) is 0. The molecule has 12 heavy (non-hydrogen) atoms. The van der Waals surface area contributed by atoms with Crippen molar-refractivity contribution in [3.05, 3.63) is 35.4 Å². The van der Waals surface area contributed by atoms with E-state index in [1.54, 1.807) is 24.3 Å². The van der Waals surface area contributed by atoms with Crippen molar-refractivity contribution in [2.75, 3.05) is 6.54 Å². The summed E-state index contributed by atoms with van der Waals surface area (Å²) in [5.74, 6) is -0.910. The molecule has 0 amide bonds. The second-order valence-electron chi connectivity index (χ2n) is 2.50. The molecule has 3 heteroatoms. The van der Waals surface area contributed by atoms with Gasteiger partial charge in [0.2, 0.25) is 0 Å². The Morgan fingerprint density at radius 3 is 2.33 bits per heavy atom. The molecule has 0 unspecified atom stereocenters. The fourth-order valence-electron chi connectivity index (χ4n) is 0.958. The molecule has 1 radical (unpaired) electrons. The lowest BCUT2D eigenvalue weighted by atomic mass is 10.1. The Balaban J connectivity index is 2.78. The molecule has 63 valence electrons. The molecule has 0 fully saturated rings. The molecule has 1 aromatic rings. The Morgan fingerprint density at radius 2 is 1.92 bits per heavy atom. The predicted molar refractivity (Wildman–Crippen MR) is 45.1 cm³/mol. The highest BCUT2D eigenvalue weighted by atomic mass is 16.4. The van der Waals surface area contributed by atoms with Crippen molar-refractivity contribution in [3.8, 4) is 0 Å². The van der Waals surface area contributed by atoms with Gasteiger partial charge in [-0.15, -0.1) is 0 Å². The summed E-state index contributed by atoms with van der Waals surface area (Å²) in [5.41, 5.74) is 8.27. The number of benzene rings is 1. The highest BCUT2D eigenvalue weighted by molar-refractivity contribution is 5.87. The van der Waals surface area contributed by atoms with Gasteiger partial charge in [0.25, 0.3) is 0 Å². The average Bonchev–Trinajstić information content (AvgIpc) is 2.06. The van der Waals surface area contributed by atoms with Crippen molar-refractivity contribution in [3.63, 3.8) is 0 Å². The smallest absolute Gasteiger partial charge is 0.335 e. The maximum Gasteiger partial charge on any atom is 0.335 e. The molecule has 2 N–H and O–H groups in total. The van der Waals surface area contributed by atoms with E-state index in [-0.39, 0.29) is 0 Å². The first-order chi connectivity index (χ1) is 5.74. The highest BCUT2D eigenvalue weighted by Crippen LogP contribution is 2.04. The van der Waals surface area contributed by atoms with Crippen molar-refractivity contribution in [1.29, 1.82) is 0 Å². The molecule has 0 aliphatic rings. The van der Waals surface area contributed by atoms with Crippen molar-refractivity contribution in [2.24, 2.45) is 0 Å². The van der Waals surface area contributed by atoms with Crippen LogP contribution in [0.3, 0.4) is 0 Å². The van der Waals surface area contributed by atoms with Gasteiger partial charge in [-0.05, 0) is 24.1 Å². The third-order valence-corrected chi connectivity index (χ3v) is 1.61. The van der Waals surface area contributed by atoms with Crippen LogP contribution in [0.25, 0.3) is 0 Å². The summed E-state index contributed by atoms with van der Waals surface area (Å²) in [4.78, 5) is 10.4. The van der Waals surface area contributed by atoms with Gasteiger partial charge in [0.05, 0.1) is 5.56 Å². The van der Waals surface area contributed by atoms with Crippen LogP contribution in [0.5, 0.6) is 0 Å². The number of hydrogen-bond acceptors (Lipinski definition) is 1. The van der Waals surface area contributed by atoms with E-state index < -0.39 is 5.97 Å². The maximum absolute atomic E-state index is 10.4. The molecule has 0 atom stereocenters. The van der Waals surface area contributed by atoms with Gasteiger partial charge >= 0.3 is 5.97 Å². The van der Waals surface area contributed by atoms with Crippen LogP contribution in [-0.4, -0.2) is 17.6 Å². The Labute approximate surface area is 70.8 Å². The quantitative estimate of drug-likeness (QED) is 0.729. The van der Waals surface area contributed by atoms with E-state index in [9.17, 15) is 4.79 Å². The number of rotatable bonds is 3. The lowest BCUT2D eigenvalue weighted by Crippen LogP contribution is -1.97. The van der Waals surface area contributed by atoms with Gasteiger partial charge in [-0.1, -0.05) is 12.1 Å². The number of nitrogens with one attached hydrogen (secondary N) is 1. The largest absolute Gasteiger partial charge is 0.478 e. The van der Waals surface area contributed by atoms with E-state index in [4.69, 9.17) is 10.8 Å². The van der Waals surface area contributed by atoms with Gasteiger partial charge in [-0.2, -0.15) is 0 Å². The van der Waals surface area contributed by atoms with Gasteiger partial charge in [0.1, 0.15) is 0 Å². The van der Waals surface area contributed by atoms with Crippen LogP contribution >= 0.6 is 0 Å². The molecule has 0 aliphatic heterocycles. The summed E-state index contributed by atoms with van der Waals surface area (Å²) in [6, 6.07) is 6.62. The standard InChI is InChI=1S/C9H10NO2/c10-6-5-7-1-3-8(4-2-7)9(11)12/h1-4,10H,5-6H2,(H,11,12). The van der Waals surface area contributed by atoms with Crippen LogP contribution < -0.4 is 5.73 Å². The minimum Gasteiger partial charge on any atom is -0.478 e. The third-order valence-electron chi connectivity index (χ3n) is 1.61. The Hall–Kier alpha value is -1.35. The van der Waals surface area contributed by atoms with Gasteiger partial charge in [0.15, 0.2) is 0 Å². The van der Waals surface area contributed by atoms with Crippen LogP contribution in [0.2, 0.25) is 0 Å². The zero-order valence-electron chi connectivity index (χ0n) is 6.58. The predicted octanol–water partition coefficient (Wildman–Crippen LogP) is 1.21. The van der Waals surface area contributed by atoms with Gasteiger partial charge in [-0.25, -0.2) is 4.79 Å². The van der Waals surface area contributed by atoms with E-state index >= 15 is 0 Å².